The van der Waals surface area contributed by atoms with Gasteiger partial charge in [0.25, 0.3) is 0 Å². The summed E-state index contributed by atoms with van der Waals surface area (Å²) in [5.41, 5.74) is -0.569. The molecule has 4 N–H and O–H groups in total. The van der Waals surface area contributed by atoms with Crippen LogP contribution < -0.4 is 25.4 Å². The van der Waals surface area contributed by atoms with E-state index in [2.05, 4.69) is 22.5 Å². The van der Waals surface area contributed by atoms with E-state index in [0.717, 1.165) is 30.8 Å². The molecule has 2 aliphatic carbocycles. The third-order valence-corrected chi connectivity index (χ3v) is 11.1. The molecule has 1 aliphatic heterocycles. The molecule has 5 atom stereocenters. The van der Waals surface area contributed by atoms with Crippen LogP contribution in [0.25, 0.3) is 22.3 Å². The highest BCUT2D eigenvalue weighted by atomic mass is 32.1. The highest BCUT2D eigenvalue weighted by molar-refractivity contribution is 7.14. The lowest BCUT2D eigenvalue weighted by atomic mass is 9.85. The Morgan fingerprint density at radius 1 is 1.09 bits per heavy atom. The number of nitrogens with one attached hydrogen (secondary N) is 3. The minimum absolute atomic E-state index is 0.0178. The average molecular weight is 763 g/mol. The second-order valence-electron chi connectivity index (χ2n) is 15.7. The number of pyridine rings is 1. The van der Waals surface area contributed by atoms with Crippen molar-refractivity contribution in [2.75, 3.05) is 19.0 Å². The van der Waals surface area contributed by atoms with E-state index in [4.69, 9.17) is 24.2 Å². The lowest BCUT2D eigenvalue weighted by Gasteiger charge is -2.35. The van der Waals surface area contributed by atoms with Crippen molar-refractivity contribution < 1.29 is 38.5 Å². The number of thiazole rings is 1. The van der Waals surface area contributed by atoms with Crippen molar-refractivity contribution in [3.05, 3.63) is 42.3 Å². The molecule has 3 amide bonds. The first-order valence-electron chi connectivity index (χ1n) is 18.5. The monoisotopic (exact) mass is 762 g/mol. The molecule has 0 radical (unpaired) electrons. The van der Waals surface area contributed by atoms with Crippen LogP contribution in [0.5, 0.6) is 11.5 Å². The molecule has 3 heterocycles. The molecular weight excluding hydrogens is 713 g/mol. The highest BCUT2D eigenvalue weighted by Crippen LogP contribution is 2.45. The van der Waals surface area contributed by atoms with Crippen LogP contribution in [0.3, 0.4) is 0 Å². The largest absolute Gasteiger partial charge is 0.494 e. The summed E-state index contributed by atoms with van der Waals surface area (Å²) in [6.07, 6.45) is 3.61. The smallest absolute Gasteiger partial charge is 0.408 e. The van der Waals surface area contributed by atoms with E-state index < -0.39 is 58.9 Å². The molecule has 15 heteroatoms. The Kier molecular flexibility index (Phi) is 11.1. The van der Waals surface area contributed by atoms with Crippen LogP contribution in [0, 0.1) is 11.3 Å². The number of methoxy groups -OCH3 is 1. The molecule has 6 rings (SSSR count). The second kappa shape index (κ2) is 15.4. The number of alkyl carbamates (subject to hydrolysis) is 1. The van der Waals surface area contributed by atoms with Crippen molar-refractivity contribution in [1.82, 2.24) is 25.5 Å². The van der Waals surface area contributed by atoms with Gasteiger partial charge in [-0.25, -0.2) is 19.6 Å². The Labute approximate surface area is 319 Å². The van der Waals surface area contributed by atoms with Gasteiger partial charge in [-0.3, -0.25) is 9.59 Å². The number of aromatic nitrogens is 2. The van der Waals surface area contributed by atoms with E-state index in [-0.39, 0.29) is 31.5 Å². The van der Waals surface area contributed by atoms with Gasteiger partial charge in [0.2, 0.25) is 11.8 Å². The average Bonchev–Trinajstić information content (AvgIpc) is 3.53. The van der Waals surface area contributed by atoms with Crippen molar-refractivity contribution in [2.24, 2.45) is 11.3 Å². The minimum Gasteiger partial charge on any atom is -0.494 e. The number of carboxylic acid groups (broad SMARTS) is 1. The summed E-state index contributed by atoms with van der Waals surface area (Å²) in [6, 6.07) is 5.28. The fraction of sp³-hybridized carbons (Fsp3) is 0.538. The van der Waals surface area contributed by atoms with Crippen LogP contribution >= 0.6 is 11.3 Å². The molecule has 290 valence electrons. The SMILES string of the molecule is C=C[C@@H]1C[C@]1(NC(=O)[C@@H]1C[C@@H](Oc2cc(-c3csc(NC(C)C)n3)nc3c(OC)cccc23)CN1C(=O)[C@@H](NC(=O)OC1CCCC1)C(C)(C)C)C(=O)O. The molecule has 2 saturated carbocycles. The van der Waals surface area contributed by atoms with Gasteiger partial charge in [-0.2, -0.15) is 0 Å². The van der Waals surface area contributed by atoms with Gasteiger partial charge in [0.05, 0.1) is 19.3 Å². The summed E-state index contributed by atoms with van der Waals surface area (Å²) >= 11 is 1.45. The number of hydrogen-bond donors (Lipinski definition) is 4. The molecule has 0 unspecified atom stereocenters. The molecule has 3 aromatic rings. The Morgan fingerprint density at radius 2 is 1.83 bits per heavy atom. The number of nitrogens with zero attached hydrogens (tertiary/aromatic N) is 3. The van der Waals surface area contributed by atoms with Gasteiger partial charge in [0.1, 0.15) is 52.5 Å². The summed E-state index contributed by atoms with van der Waals surface area (Å²) in [4.78, 5) is 65.2. The number of carbonyl (C=O) groups is 4. The van der Waals surface area contributed by atoms with Gasteiger partial charge in [-0.1, -0.05) is 32.9 Å². The van der Waals surface area contributed by atoms with Crippen molar-refractivity contribution in [2.45, 2.75) is 109 Å². The highest BCUT2D eigenvalue weighted by Gasteiger charge is 2.61. The van der Waals surface area contributed by atoms with E-state index in [1.807, 2.05) is 52.1 Å². The molecular formula is C39H50N6O8S. The predicted molar refractivity (Wildman–Crippen MR) is 205 cm³/mol. The normalized spacial score (nSPS) is 23.2. The van der Waals surface area contributed by atoms with Crippen LogP contribution in [0.1, 0.15) is 73.1 Å². The predicted octanol–water partition coefficient (Wildman–Crippen LogP) is 5.76. The molecule has 1 aromatic carbocycles. The first-order chi connectivity index (χ1) is 25.6. The summed E-state index contributed by atoms with van der Waals surface area (Å²) in [7, 11) is 1.56. The van der Waals surface area contributed by atoms with Gasteiger partial charge < -0.3 is 40.2 Å². The molecule has 14 nitrogen and oxygen atoms in total. The van der Waals surface area contributed by atoms with Crippen LogP contribution in [0.2, 0.25) is 0 Å². The lowest BCUT2D eigenvalue weighted by molar-refractivity contribution is -0.146. The number of ether oxygens (including phenoxy) is 3. The van der Waals surface area contributed by atoms with Crippen molar-refractivity contribution in [1.29, 1.82) is 0 Å². The summed E-state index contributed by atoms with van der Waals surface area (Å²) in [6.45, 7) is 13.2. The van der Waals surface area contributed by atoms with Gasteiger partial charge >= 0.3 is 12.1 Å². The molecule has 2 aromatic heterocycles. The molecule has 3 fully saturated rings. The van der Waals surface area contributed by atoms with E-state index in [1.54, 1.807) is 19.2 Å². The van der Waals surface area contributed by atoms with Crippen LogP contribution in [-0.4, -0.2) is 93.4 Å². The fourth-order valence-corrected chi connectivity index (χ4v) is 8.14. The number of anilines is 1. The van der Waals surface area contributed by atoms with Crippen LogP contribution in [0.4, 0.5) is 9.93 Å². The van der Waals surface area contributed by atoms with E-state index in [9.17, 15) is 24.3 Å². The Balaban J connectivity index is 1.33. The first kappa shape index (κ1) is 38.8. The number of aliphatic carboxylic acids is 1. The van der Waals surface area contributed by atoms with Gasteiger partial charge in [-0.05, 0) is 63.5 Å². The van der Waals surface area contributed by atoms with E-state index in [1.165, 1.54) is 22.3 Å². The van der Waals surface area contributed by atoms with Crippen molar-refractivity contribution in [3.8, 4) is 22.9 Å². The zero-order valence-corrected chi connectivity index (χ0v) is 32.5. The molecule has 1 saturated heterocycles. The minimum atomic E-state index is -1.51. The van der Waals surface area contributed by atoms with E-state index >= 15 is 0 Å². The number of fused-ring (bicyclic) bond motifs is 1. The zero-order chi connectivity index (χ0) is 38.9. The summed E-state index contributed by atoms with van der Waals surface area (Å²) in [5.74, 6) is -1.79. The van der Waals surface area contributed by atoms with Gasteiger partial charge in [0.15, 0.2) is 5.13 Å². The maximum absolute atomic E-state index is 14.6. The number of benzene rings is 1. The third kappa shape index (κ3) is 8.10. The molecule has 0 bridgehead atoms. The Bertz CT molecular complexity index is 1920. The lowest BCUT2D eigenvalue weighted by Crippen LogP contribution is -2.59. The topological polar surface area (TPSA) is 181 Å². The van der Waals surface area contributed by atoms with Gasteiger partial charge in [0, 0.05) is 35.2 Å². The number of amides is 3. The Morgan fingerprint density at radius 3 is 2.46 bits per heavy atom. The fourth-order valence-electron chi connectivity index (χ4n) is 7.29. The van der Waals surface area contributed by atoms with Crippen LogP contribution in [0.15, 0.2) is 42.3 Å². The third-order valence-electron chi connectivity index (χ3n) is 10.3. The van der Waals surface area contributed by atoms with Crippen molar-refractivity contribution in [3.63, 3.8) is 0 Å². The first-order valence-corrected chi connectivity index (χ1v) is 19.3. The number of rotatable bonds is 13. The maximum Gasteiger partial charge on any atom is 0.408 e. The number of likely N-dealkylation sites (tertiary alicyclic amines) is 1. The Hall–Kier alpha value is -4.92. The standard InChI is InChI=1S/C39H50N6O8S/c1-8-22-18-39(22,35(48)49)44-33(46)28-16-24(19-45(28)34(47)32(38(4,5)6)43-37(50)53-23-12-9-10-13-23)52-30-17-26(27-20-54-36(42-27)40-21(2)3)41-31-25(30)14-11-15-29(31)51-7/h8,11,14-15,17,20-24,28,32H,1,9-10,12-13,16,18-19H2,2-7H3,(H,40,42)(H,43,50)(H,44,46)(H,48,49)/t22-,24-,28+,32-,39-/m1/s1. The number of hydrogen-bond acceptors (Lipinski definition) is 11. The zero-order valence-electron chi connectivity index (χ0n) is 31.6. The van der Waals surface area contributed by atoms with Crippen molar-refractivity contribution >= 4 is 51.2 Å². The summed E-state index contributed by atoms with van der Waals surface area (Å²) < 4.78 is 18.0. The maximum atomic E-state index is 14.6. The molecule has 3 aliphatic rings. The van der Waals surface area contributed by atoms with E-state index in [0.29, 0.717) is 33.8 Å². The summed E-state index contributed by atoms with van der Waals surface area (Å²) in [5, 5.41) is 22.2. The number of para-hydroxylation sites is 1. The van der Waals surface area contributed by atoms with Crippen LogP contribution in [-0.2, 0) is 19.1 Å². The number of carboxylic acids is 1. The molecule has 54 heavy (non-hydrogen) atoms. The van der Waals surface area contributed by atoms with Gasteiger partial charge in [-0.15, -0.1) is 17.9 Å². The number of carbonyl (C=O) groups excluding carboxylic acids is 3. The quantitative estimate of drug-likeness (QED) is 0.155. The second-order valence-corrected chi connectivity index (χ2v) is 16.6. The molecule has 0 spiro atoms.